The molecule has 0 atom stereocenters. The van der Waals surface area contributed by atoms with Crippen LogP contribution in [0.1, 0.15) is 36.1 Å². The zero-order valence-corrected chi connectivity index (χ0v) is 13.9. The van der Waals surface area contributed by atoms with Crippen LogP contribution in [-0.4, -0.2) is 24.7 Å². The Labute approximate surface area is 137 Å². The van der Waals surface area contributed by atoms with Gasteiger partial charge in [-0.1, -0.05) is 23.9 Å². The van der Waals surface area contributed by atoms with Gasteiger partial charge in [0.2, 0.25) is 0 Å². The van der Waals surface area contributed by atoms with E-state index in [1.807, 2.05) is 26.0 Å². The van der Waals surface area contributed by atoms with E-state index in [0.717, 1.165) is 22.1 Å². The molecule has 1 fully saturated rings. The first-order valence-electron chi connectivity index (χ1n) is 7.66. The lowest BCUT2D eigenvalue weighted by atomic mass is 10.1. The fourth-order valence-corrected chi connectivity index (χ4v) is 3.68. The van der Waals surface area contributed by atoms with Crippen LogP contribution in [0.4, 0.5) is 0 Å². The molecular formula is C16H17N5OS. The summed E-state index contributed by atoms with van der Waals surface area (Å²) in [6.45, 7) is 3.95. The summed E-state index contributed by atoms with van der Waals surface area (Å²) < 4.78 is 2.19. The summed E-state index contributed by atoms with van der Waals surface area (Å²) in [6, 6.07) is 6.19. The maximum atomic E-state index is 12.2. The number of nitrogens with zero attached hydrogens (tertiary/aromatic N) is 4. The Morgan fingerprint density at radius 3 is 2.91 bits per heavy atom. The number of fused-ring (bicyclic) bond motifs is 1. The molecule has 0 amide bonds. The molecule has 1 N–H and O–H groups in total. The van der Waals surface area contributed by atoms with E-state index in [-0.39, 0.29) is 5.56 Å². The lowest BCUT2D eigenvalue weighted by Gasteiger charge is -2.07. The number of H-pyrrole nitrogens is 1. The molecule has 0 aliphatic heterocycles. The highest BCUT2D eigenvalue weighted by atomic mass is 32.2. The number of benzene rings is 1. The topological polar surface area (TPSA) is 76.5 Å². The predicted octanol–water partition coefficient (Wildman–Crippen LogP) is 2.76. The fraction of sp³-hybridized carbons (Fsp3) is 0.375. The van der Waals surface area contributed by atoms with E-state index in [1.165, 1.54) is 12.8 Å². The number of hydrogen-bond donors (Lipinski definition) is 1. The van der Waals surface area contributed by atoms with Gasteiger partial charge in [-0.25, -0.2) is 4.98 Å². The second-order valence-corrected chi connectivity index (χ2v) is 6.85. The van der Waals surface area contributed by atoms with E-state index in [4.69, 9.17) is 0 Å². The van der Waals surface area contributed by atoms with E-state index >= 15 is 0 Å². The van der Waals surface area contributed by atoms with Crippen LogP contribution in [0.3, 0.4) is 0 Å². The van der Waals surface area contributed by atoms with E-state index < -0.39 is 0 Å². The normalized spacial score (nSPS) is 14.5. The standard InChI is InChI=1S/C16H17N5OS/c1-9-4-3-5-12-14(9)17-13(18-15(12)22)8-23-16-20-19-10(2)21(16)11-6-7-11/h3-5,11H,6-8H2,1-2H3,(H,17,18,22). The molecule has 1 saturated carbocycles. The van der Waals surface area contributed by atoms with Gasteiger partial charge >= 0.3 is 0 Å². The Morgan fingerprint density at radius 2 is 2.13 bits per heavy atom. The molecule has 1 aromatic carbocycles. The monoisotopic (exact) mass is 327 g/mol. The van der Waals surface area contributed by atoms with Crippen LogP contribution in [0.25, 0.3) is 10.9 Å². The minimum Gasteiger partial charge on any atom is -0.309 e. The molecule has 1 aliphatic rings. The van der Waals surface area contributed by atoms with Crippen molar-refractivity contribution in [2.75, 3.05) is 0 Å². The lowest BCUT2D eigenvalue weighted by Crippen LogP contribution is -2.12. The second kappa shape index (κ2) is 5.49. The SMILES string of the molecule is Cc1cccc2c(=O)[nH]c(CSc3nnc(C)n3C3CC3)nc12. The van der Waals surface area contributed by atoms with E-state index in [9.17, 15) is 4.79 Å². The van der Waals surface area contributed by atoms with Crippen molar-refractivity contribution in [3.63, 3.8) is 0 Å². The highest BCUT2D eigenvalue weighted by molar-refractivity contribution is 7.98. The van der Waals surface area contributed by atoms with Crippen LogP contribution < -0.4 is 5.56 Å². The molecule has 0 spiro atoms. The van der Waals surface area contributed by atoms with E-state index in [2.05, 4.69) is 24.7 Å². The number of aromatic amines is 1. The summed E-state index contributed by atoms with van der Waals surface area (Å²) in [4.78, 5) is 19.7. The Hall–Kier alpha value is -2.15. The molecule has 1 aliphatic carbocycles. The third kappa shape index (κ3) is 2.65. The zero-order valence-electron chi connectivity index (χ0n) is 13.0. The molecule has 6 nitrogen and oxygen atoms in total. The van der Waals surface area contributed by atoms with Crippen molar-refractivity contribution in [1.29, 1.82) is 0 Å². The second-order valence-electron chi connectivity index (χ2n) is 5.90. The first kappa shape index (κ1) is 14.4. The zero-order chi connectivity index (χ0) is 16.0. The number of aromatic nitrogens is 5. The molecule has 23 heavy (non-hydrogen) atoms. The first-order chi connectivity index (χ1) is 11.1. The van der Waals surface area contributed by atoms with Crippen molar-refractivity contribution >= 4 is 22.7 Å². The van der Waals surface area contributed by atoms with Crippen LogP contribution in [0.5, 0.6) is 0 Å². The molecule has 4 rings (SSSR count). The number of thioether (sulfide) groups is 1. The van der Waals surface area contributed by atoms with Gasteiger partial charge in [-0.2, -0.15) is 0 Å². The van der Waals surface area contributed by atoms with Crippen molar-refractivity contribution in [2.45, 2.75) is 43.6 Å². The van der Waals surface area contributed by atoms with Gasteiger partial charge in [0.25, 0.3) is 5.56 Å². The maximum Gasteiger partial charge on any atom is 0.258 e. The van der Waals surface area contributed by atoms with Crippen LogP contribution in [-0.2, 0) is 5.75 Å². The highest BCUT2D eigenvalue weighted by Gasteiger charge is 2.28. The smallest absolute Gasteiger partial charge is 0.258 e. The van der Waals surface area contributed by atoms with Crippen LogP contribution >= 0.6 is 11.8 Å². The van der Waals surface area contributed by atoms with Gasteiger partial charge in [0.15, 0.2) is 5.16 Å². The molecule has 7 heteroatoms. The van der Waals surface area contributed by atoms with Crippen molar-refractivity contribution in [1.82, 2.24) is 24.7 Å². The Bertz CT molecular complexity index is 941. The predicted molar refractivity (Wildman–Crippen MR) is 89.7 cm³/mol. The number of aryl methyl sites for hydroxylation is 2. The van der Waals surface area contributed by atoms with Gasteiger partial charge in [-0.3, -0.25) is 4.79 Å². The van der Waals surface area contributed by atoms with Crippen LogP contribution in [0, 0.1) is 13.8 Å². The molecular weight excluding hydrogens is 310 g/mol. The summed E-state index contributed by atoms with van der Waals surface area (Å²) in [5.41, 5.74) is 1.69. The first-order valence-corrected chi connectivity index (χ1v) is 8.65. The van der Waals surface area contributed by atoms with Gasteiger partial charge in [-0.15, -0.1) is 10.2 Å². The van der Waals surface area contributed by atoms with E-state index in [1.54, 1.807) is 17.8 Å². The van der Waals surface area contributed by atoms with E-state index in [0.29, 0.717) is 23.0 Å². The summed E-state index contributed by atoms with van der Waals surface area (Å²) in [7, 11) is 0. The highest BCUT2D eigenvalue weighted by Crippen LogP contribution is 2.38. The summed E-state index contributed by atoms with van der Waals surface area (Å²) >= 11 is 1.57. The minimum atomic E-state index is -0.0888. The molecule has 0 bridgehead atoms. The number of rotatable bonds is 4. The Kier molecular flexibility index (Phi) is 3.45. The summed E-state index contributed by atoms with van der Waals surface area (Å²) in [6.07, 6.45) is 2.38. The molecule has 0 saturated heterocycles. The van der Waals surface area contributed by atoms with Crippen LogP contribution in [0.15, 0.2) is 28.2 Å². The molecule has 118 valence electrons. The number of hydrogen-bond acceptors (Lipinski definition) is 5. The molecule has 0 unspecified atom stereocenters. The lowest BCUT2D eigenvalue weighted by molar-refractivity contribution is 0.644. The van der Waals surface area contributed by atoms with Crippen LogP contribution in [0.2, 0.25) is 0 Å². The molecule has 2 aromatic heterocycles. The average molecular weight is 327 g/mol. The summed E-state index contributed by atoms with van der Waals surface area (Å²) in [5.74, 6) is 2.19. The Morgan fingerprint density at radius 1 is 1.30 bits per heavy atom. The molecule has 0 radical (unpaired) electrons. The fourth-order valence-electron chi connectivity index (χ4n) is 2.75. The maximum absolute atomic E-state index is 12.2. The van der Waals surface area contributed by atoms with Gasteiger partial charge in [0, 0.05) is 6.04 Å². The minimum absolute atomic E-state index is 0.0888. The van der Waals surface area contributed by atoms with Crippen molar-refractivity contribution in [3.8, 4) is 0 Å². The number of para-hydroxylation sites is 1. The van der Waals surface area contributed by atoms with Gasteiger partial charge in [0.05, 0.1) is 16.7 Å². The summed E-state index contributed by atoms with van der Waals surface area (Å²) in [5, 5.41) is 9.96. The molecule has 2 heterocycles. The largest absolute Gasteiger partial charge is 0.309 e. The van der Waals surface area contributed by atoms with Crippen molar-refractivity contribution < 1.29 is 0 Å². The quantitative estimate of drug-likeness (QED) is 0.746. The van der Waals surface area contributed by atoms with Gasteiger partial charge < -0.3 is 9.55 Å². The number of nitrogens with one attached hydrogen (secondary N) is 1. The third-order valence-corrected chi connectivity index (χ3v) is 5.03. The molecule has 3 aromatic rings. The van der Waals surface area contributed by atoms with Crippen molar-refractivity contribution in [3.05, 3.63) is 45.8 Å². The van der Waals surface area contributed by atoms with Gasteiger partial charge in [0.1, 0.15) is 11.6 Å². The Balaban J connectivity index is 1.64. The van der Waals surface area contributed by atoms with Gasteiger partial charge in [-0.05, 0) is 38.3 Å². The van der Waals surface area contributed by atoms with Crippen molar-refractivity contribution in [2.24, 2.45) is 0 Å². The third-order valence-electron chi connectivity index (χ3n) is 4.07. The average Bonchev–Trinajstić information content (AvgIpc) is 3.30.